The highest BCUT2D eigenvalue weighted by molar-refractivity contribution is 5.77. The fraction of sp³-hybridized carbons (Fsp3) is 0.526. The fourth-order valence-electron chi connectivity index (χ4n) is 3.79. The molecule has 1 aromatic carbocycles. The number of unbranched alkanes of at least 4 members (excludes halogenated alkanes) is 1. The molecule has 2 N–H and O–H groups in total. The Morgan fingerprint density at radius 3 is 2.69 bits per heavy atom. The summed E-state index contributed by atoms with van der Waals surface area (Å²) in [5, 5.41) is 3.80. The third-order valence-electron chi connectivity index (χ3n) is 5.30. The molecule has 0 radical (unpaired) electrons. The first-order valence-corrected chi connectivity index (χ1v) is 9.53. The van der Waals surface area contributed by atoms with Crippen LogP contribution in [-0.4, -0.2) is 46.3 Å². The summed E-state index contributed by atoms with van der Waals surface area (Å²) in [5.41, 5.74) is 8.12. The van der Waals surface area contributed by atoms with Crippen LogP contribution >= 0.6 is 0 Å². The standard InChI is InChI=1S/C19H27N5O2/c1-3-5-12-26-15-8-6-14(7-9-15)16-13-17-18-21-23(4-2)19(25)22(18)10-11-24(17)20-16/h6-11,16-18,20-21H,3-5,12-13H2,1-2H3. The molecule has 0 aliphatic carbocycles. The molecule has 2 amide bonds. The number of fused-ring (bicyclic) bond motifs is 3. The van der Waals surface area contributed by atoms with E-state index in [0.29, 0.717) is 6.54 Å². The van der Waals surface area contributed by atoms with Gasteiger partial charge in [-0.3, -0.25) is 9.91 Å². The smallest absolute Gasteiger partial charge is 0.339 e. The number of nitrogens with one attached hydrogen (secondary N) is 2. The van der Waals surface area contributed by atoms with E-state index in [1.54, 1.807) is 9.91 Å². The largest absolute Gasteiger partial charge is 0.494 e. The normalized spacial score (nSPS) is 27.1. The molecular weight excluding hydrogens is 330 g/mol. The molecule has 4 rings (SSSR count). The van der Waals surface area contributed by atoms with Gasteiger partial charge < -0.3 is 9.75 Å². The van der Waals surface area contributed by atoms with Crippen LogP contribution in [0.2, 0.25) is 0 Å². The van der Waals surface area contributed by atoms with Crippen molar-refractivity contribution >= 4 is 6.03 Å². The highest BCUT2D eigenvalue weighted by Gasteiger charge is 2.47. The van der Waals surface area contributed by atoms with Crippen molar-refractivity contribution in [3.63, 3.8) is 0 Å². The molecule has 0 bridgehead atoms. The molecule has 3 aliphatic rings. The molecule has 7 nitrogen and oxygen atoms in total. The molecule has 2 saturated heterocycles. The van der Waals surface area contributed by atoms with Crippen LogP contribution in [0.5, 0.6) is 5.75 Å². The lowest BCUT2D eigenvalue weighted by atomic mass is 10.00. The topological polar surface area (TPSA) is 60.1 Å². The summed E-state index contributed by atoms with van der Waals surface area (Å²) < 4.78 is 5.75. The Morgan fingerprint density at radius 2 is 1.96 bits per heavy atom. The summed E-state index contributed by atoms with van der Waals surface area (Å²) >= 11 is 0. The van der Waals surface area contributed by atoms with E-state index in [9.17, 15) is 4.79 Å². The zero-order chi connectivity index (χ0) is 18.1. The van der Waals surface area contributed by atoms with Crippen molar-refractivity contribution in [2.75, 3.05) is 13.2 Å². The van der Waals surface area contributed by atoms with Crippen molar-refractivity contribution < 1.29 is 9.53 Å². The summed E-state index contributed by atoms with van der Waals surface area (Å²) in [5.74, 6) is 0.922. The van der Waals surface area contributed by atoms with Crippen molar-refractivity contribution in [3.05, 3.63) is 42.2 Å². The number of carbonyl (C=O) groups excluding carboxylic acids is 1. The minimum atomic E-state index is -0.0263. The van der Waals surface area contributed by atoms with Gasteiger partial charge in [0.25, 0.3) is 0 Å². The average molecular weight is 357 g/mol. The van der Waals surface area contributed by atoms with E-state index >= 15 is 0 Å². The zero-order valence-electron chi connectivity index (χ0n) is 15.4. The lowest BCUT2D eigenvalue weighted by Gasteiger charge is -2.34. The summed E-state index contributed by atoms with van der Waals surface area (Å²) in [7, 11) is 0. The Hall–Kier alpha value is -2.25. The summed E-state index contributed by atoms with van der Waals surface area (Å²) in [6, 6.07) is 8.79. The zero-order valence-corrected chi connectivity index (χ0v) is 15.4. The first-order chi connectivity index (χ1) is 12.7. The van der Waals surface area contributed by atoms with E-state index in [1.807, 2.05) is 31.5 Å². The summed E-state index contributed by atoms with van der Waals surface area (Å²) in [6.07, 6.45) is 6.93. The van der Waals surface area contributed by atoms with Gasteiger partial charge in [0, 0.05) is 18.9 Å². The molecule has 3 unspecified atom stereocenters. The number of hydrogen-bond donors (Lipinski definition) is 2. The number of hydrazine groups is 2. The highest BCUT2D eigenvalue weighted by atomic mass is 16.5. The molecule has 3 atom stereocenters. The van der Waals surface area contributed by atoms with Crippen molar-refractivity contribution in [2.45, 2.75) is 51.4 Å². The van der Waals surface area contributed by atoms with Gasteiger partial charge in [0.05, 0.1) is 18.7 Å². The lowest BCUT2D eigenvalue weighted by molar-refractivity contribution is 0.134. The highest BCUT2D eigenvalue weighted by Crippen LogP contribution is 2.35. The quantitative estimate of drug-likeness (QED) is 0.767. The van der Waals surface area contributed by atoms with Gasteiger partial charge in [-0.2, -0.15) is 0 Å². The number of carbonyl (C=O) groups is 1. The van der Waals surface area contributed by atoms with Crippen LogP contribution in [0.4, 0.5) is 4.79 Å². The molecule has 1 aromatic rings. The van der Waals surface area contributed by atoms with Crippen LogP contribution in [0, 0.1) is 0 Å². The maximum absolute atomic E-state index is 12.3. The number of urea groups is 1. The van der Waals surface area contributed by atoms with Crippen molar-refractivity contribution in [2.24, 2.45) is 0 Å². The number of rotatable bonds is 6. The SMILES string of the molecule is CCCCOc1ccc(C2CC3C4NN(CC)C(=O)N4C=CN3N2)cc1. The van der Waals surface area contributed by atoms with Crippen LogP contribution in [0.15, 0.2) is 36.7 Å². The van der Waals surface area contributed by atoms with E-state index in [0.717, 1.165) is 31.6 Å². The molecule has 7 heteroatoms. The van der Waals surface area contributed by atoms with E-state index < -0.39 is 0 Å². The number of ether oxygens (including phenoxy) is 1. The number of benzene rings is 1. The average Bonchev–Trinajstić information content (AvgIpc) is 3.23. The molecule has 3 heterocycles. The predicted molar refractivity (Wildman–Crippen MR) is 98.6 cm³/mol. The van der Waals surface area contributed by atoms with Gasteiger partial charge in [0.1, 0.15) is 11.9 Å². The number of nitrogens with zero attached hydrogens (tertiary/aromatic N) is 3. The van der Waals surface area contributed by atoms with E-state index in [4.69, 9.17) is 4.74 Å². The van der Waals surface area contributed by atoms with E-state index in [-0.39, 0.29) is 24.3 Å². The van der Waals surface area contributed by atoms with Gasteiger partial charge >= 0.3 is 6.03 Å². The Balaban J connectivity index is 1.42. The third kappa shape index (κ3) is 3.01. The molecule has 2 fully saturated rings. The van der Waals surface area contributed by atoms with Gasteiger partial charge in [-0.15, -0.1) is 0 Å². The molecule has 26 heavy (non-hydrogen) atoms. The monoisotopic (exact) mass is 357 g/mol. The second kappa shape index (κ2) is 7.17. The van der Waals surface area contributed by atoms with Gasteiger partial charge in [-0.05, 0) is 37.5 Å². The maximum Gasteiger partial charge on any atom is 0.339 e. The van der Waals surface area contributed by atoms with Gasteiger partial charge in [-0.25, -0.2) is 15.6 Å². The third-order valence-corrected chi connectivity index (χ3v) is 5.30. The van der Waals surface area contributed by atoms with Gasteiger partial charge in [0.2, 0.25) is 0 Å². The molecule has 0 aromatic heterocycles. The molecule has 3 aliphatic heterocycles. The maximum atomic E-state index is 12.3. The van der Waals surface area contributed by atoms with Crippen LogP contribution in [0.1, 0.15) is 44.7 Å². The molecule has 140 valence electrons. The summed E-state index contributed by atoms with van der Waals surface area (Å²) in [4.78, 5) is 14.1. The second-order valence-electron chi connectivity index (χ2n) is 6.97. The van der Waals surface area contributed by atoms with E-state index in [1.165, 1.54) is 5.56 Å². The van der Waals surface area contributed by atoms with Crippen molar-refractivity contribution in [3.8, 4) is 5.75 Å². The van der Waals surface area contributed by atoms with Crippen LogP contribution in [-0.2, 0) is 0 Å². The summed E-state index contributed by atoms with van der Waals surface area (Å²) in [6.45, 7) is 5.56. The predicted octanol–water partition coefficient (Wildman–Crippen LogP) is 2.56. The number of hydrogen-bond acceptors (Lipinski definition) is 5. The first kappa shape index (κ1) is 17.2. The molecule has 0 saturated carbocycles. The number of amides is 2. The Kier molecular flexibility index (Phi) is 4.74. The molecule has 0 spiro atoms. The fourth-order valence-corrected chi connectivity index (χ4v) is 3.79. The second-order valence-corrected chi connectivity index (χ2v) is 6.97. The Labute approximate surface area is 154 Å². The Morgan fingerprint density at radius 1 is 1.15 bits per heavy atom. The minimum absolute atomic E-state index is 0.0189. The Bertz CT molecular complexity index is 677. The van der Waals surface area contributed by atoms with Crippen LogP contribution in [0.3, 0.4) is 0 Å². The molecular formula is C19H27N5O2. The van der Waals surface area contributed by atoms with Crippen LogP contribution < -0.4 is 15.6 Å². The minimum Gasteiger partial charge on any atom is -0.494 e. The lowest BCUT2D eigenvalue weighted by Crippen LogP contribution is -2.53. The van der Waals surface area contributed by atoms with Crippen LogP contribution in [0.25, 0.3) is 0 Å². The van der Waals surface area contributed by atoms with Crippen molar-refractivity contribution in [1.29, 1.82) is 0 Å². The first-order valence-electron chi connectivity index (χ1n) is 9.53. The van der Waals surface area contributed by atoms with Crippen molar-refractivity contribution in [1.82, 2.24) is 25.8 Å². The van der Waals surface area contributed by atoms with E-state index in [2.05, 4.69) is 34.9 Å². The van der Waals surface area contributed by atoms with Gasteiger partial charge in [0.15, 0.2) is 0 Å². The van der Waals surface area contributed by atoms with Gasteiger partial charge in [-0.1, -0.05) is 25.5 Å².